The van der Waals surface area contributed by atoms with Crippen LogP contribution in [0, 0.1) is 5.92 Å². The maximum absolute atomic E-state index is 6.14. The van der Waals surface area contributed by atoms with Gasteiger partial charge in [-0.1, -0.05) is 11.6 Å². The van der Waals surface area contributed by atoms with Gasteiger partial charge in [0, 0.05) is 25.4 Å². The van der Waals surface area contributed by atoms with Crippen LogP contribution in [0.3, 0.4) is 0 Å². The summed E-state index contributed by atoms with van der Waals surface area (Å²) in [4.78, 5) is 0. The summed E-state index contributed by atoms with van der Waals surface area (Å²) in [5, 5.41) is 3.55. The lowest BCUT2D eigenvalue weighted by Crippen LogP contribution is -2.44. The molecular formula is C18H33NO2. The van der Waals surface area contributed by atoms with Crippen molar-refractivity contribution in [2.75, 3.05) is 26.4 Å². The molecule has 0 radical (unpaired) electrons. The standard InChI is InChI=1S/C18H33NO2/c1-15(6-5-10-19-17(2,3)4)16-7-11-21-18(14-16)8-12-20-13-9-18/h6,16,19H,5,7-14H2,1-4H3. The lowest BCUT2D eigenvalue weighted by molar-refractivity contribution is -0.143. The Kier molecular flexibility index (Phi) is 5.87. The molecule has 0 amide bonds. The van der Waals surface area contributed by atoms with Gasteiger partial charge < -0.3 is 14.8 Å². The molecule has 1 N–H and O–H groups in total. The second-order valence-corrected chi connectivity index (χ2v) is 7.75. The van der Waals surface area contributed by atoms with E-state index in [1.54, 1.807) is 5.57 Å². The normalized spacial score (nSPS) is 27.0. The van der Waals surface area contributed by atoms with Gasteiger partial charge in [-0.05, 0) is 72.3 Å². The fourth-order valence-corrected chi connectivity index (χ4v) is 3.42. The Balaban J connectivity index is 1.82. The first kappa shape index (κ1) is 17.0. The van der Waals surface area contributed by atoms with Gasteiger partial charge in [0.2, 0.25) is 0 Å². The summed E-state index contributed by atoms with van der Waals surface area (Å²) < 4.78 is 11.6. The van der Waals surface area contributed by atoms with Crippen LogP contribution >= 0.6 is 0 Å². The van der Waals surface area contributed by atoms with E-state index >= 15 is 0 Å². The van der Waals surface area contributed by atoms with Crippen molar-refractivity contribution in [3.05, 3.63) is 11.6 Å². The third-order valence-corrected chi connectivity index (χ3v) is 4.81. The number of hydrogen-bond acceptors (Lipinski definition) is 3. The molecule has 0 saturated carbocycles. The minimum atomic E-state index is 0.111. The molecule has 1 atom stereocenters. The van der Waals surface area contributed by atoms with Gasteiger partial charge in [0.1, 0.15) is 0 Å². The lowest BCUT2D eigenvalue weighted by Gasteiger charge is -2.43. The van der Waals surface area contributed by atoms with Crippen molar-refractivity contribution >= 4 is 0 Å². The van der Waals surface area contributed by atoms with E-state index in [1.807, 2.05) is 0 Å². The largest absolute Gasteiger partial charge is 0.381 e. The molecule has 0 aliphatic carbocycles. The smallest absolute Gasteiger partial charge is 0.0732 e. The number of nitrogens with one attached hydrogen (secondary N) is 1. The Morgan fingerprint density at radius 2 is 1.95 bits per heavy atom. The van der Waals surface area contributed by atoms with E-state index in [4.69, 9.17) is 9.47 Å². The summed E-state index contributed by atoms with van der Waals surface area (Å²) in [5.74, 6) is 0.700. The second kappa shape index (κ2) is 7.26. The molecule has 3 nitrogen and oxygen atoms in total. The SMILES string of the molecule is CC(=CCCNC(C)(C)C)C1CCOC2(CCOCC2)C1. The molecule has 2 rings (SSSR count). The molecule has 122 valence electrons. The van der Waals surface area contributed by atoms with Crippen molar-refractivity contribution in [3.8, 4) is 0 Å². The average Bonchev–Trinajstić information content (AvgIpc) is 2.43. The van der Waals surface area contributed by atoms with Gasteiger partial charge in [0.15, 0.2) is 0 Å². The quantitative estimate of drug-likeness (QED) is 0.634. The van der Waals surface area contributed by atoms with E-state index < -0.39 is 0 Å². The monoisotopic (exact) mass is 295 g/mol. The molecule has 1 unspecified atom stereocenters. The molecule has 2 aliphatic heterocycles. The zero-order valence-electron chi connectivity index (χ0n) is 14.3. The van der Waals surface area contributed by atoms with Crippen LogP contribution in [0.25, 0.3) is 0 Å². The van der Waals surface area contributed by atoms with E-state index in [9.17, 15) is 0 Å². The molecule has 2 saturated heterocycles. The molecule has 0 bridgehead atoms. The van der Waals surface area contributed by atoms with Crippen LogP contribution in [0.1, 0.15) is 59.8 Å². The first-order chi connectivity index (χ1) is 9.90. The van der Waals surface area contributed by atoms with Crippen molar-refractivity contribution in [1.29, 1.82) is 0 Å². The minimum Gasteiger partial charge on any atom is -0.381 e. The summed E-state index contributed by atoms with van der Waals surface area (Å²) in [6.07, 6.45) is 8.06. The molecule has 0 aromatic heterocycles. The summed E-state index contributed by atoms with van der Waals surface area (Å²) in [5.41, 5.74) is 1.88. The van der Waals surface area contributed by atoms with Crippen LogP contribution in [-0.2, 0) is 9.47 Å². The van der Waals surface area contributed by atoms with Gasteiger partial charge in [-0.25, -0.2) is 0 Å². The van der Waals surface area contributed by atoms with Crippen molar-refractivity contribution in [2.45, 2.75) is 70.9 Å². The highest BCUT2D eigenvalue weighted by atomic mass is 16.5. The predicted octanol–water partition coefficient (Wildman–Crippen LogP) is 3.69. The van der Waals surface area contributed by atoms with Gasteiger partial charge in [-0.2, -0.15) is 0 Å². The van der Waals surface area contributed by atoms with Crippen molar-refractivity contribution in [3.63, 3.8) is 0 Å². The Morgan fingerprint density at radius 3 is 2.62 bits per heavy atom. The fraction of sp³-hybridized carbons (Fsp3) is 0.889. The first-order valence-electron chi connectivity index (χ1n) is 8.54. The molecule has 0 aromatic carbocycles. The lowest BCUT2D eigenvalue weighted by atomic mass is 9.78. The van der Waals surface area contributed by atoms with Gasteiger partial charge >= 0.3 is 0 Å². The minimum absolute atomic E-state index is 0.111. The Hall–Kier alpha value is -0.380. The molecule has 2 fully saturated rings. The molecule has 1 spiro atoms. The Morgan fingerprint density at radius 1 is 1.24 bits per heavy atom. The number of ether oxygens (including phenoxy) is 2. The zero-order chi connectivity index (χ0) is 15.3. The summed E-state index contributed by atoms with van der Waals surface area (Å²) in [7, 11) is 0. The van der Waals surface area contributed by atoms with Crippen LogP contribution < -0.4 is 5.32 Å². The van der Waals surface area contributed by atoms with Crippen LogP contribution in [-0.4, -0.2) is 37.5 Å². The van der Waals surface area contributed by atoms with E-state index in [2.05, 4.69) is 39.1 Å². The topological polar surface area (TPSA) is 30.5 Å². The van der Waals surface area contributed by atoms with Crippen molar-refractivity contribution in [2.24, 2.45) is 5.92 Å². The molecule has 3 heteroatoms. The average molecular weight is 295 g/mol. The van der Waals surface area contributed by atoms with Gasteiger partial charge in [0.05, 0.1) is 5.60 Å². The molecule has 2 heterocycles. The maximum atomic E-state index is 6.14. The fourth-order valence-electron chi connectivity index (χ4n) is 3.42. The van der Waals surface area contributed by atoms with Crippen LogP contribution in [0.15, 0.2) is 11.6 Å². The van der Waals surface area contributed by atoms with E-state index in [1.165, 1.54) is 12.8 Å². The number of rotatable bonds is 4. The first-order valence-corrected chi connectivity index (χ1v) is 8.54. The third kappa shape index (κ3) is 5.39. The zero-order valence-corrected chi connectivity index (χ0v) is 14.3. The second-order valence-electron chi connectivity index (χ2n) is 7.75. The predicted molar refractivity (Wildman–Crippen MR) is 87.6 cm³/mol. The molecule has 0 aromatic rings. The molecular weight excluding hydrogens is 262 g/mol. The van der Waals surface area contributed by atoms with E-state index in [0.717, 1.165) is 45.6 Å². The third-order valence-electron chi connectivity index (χ3n) is 4.81. The number of hydrogen-bond donors (Lipinski definition) is 1. The number of allylic oxidation sites excluding steroid dienone is 1. The van der Waals surface area contributed by atoms with Gasteiger partial charge in [-0.3, -0.25) is 0 Å². The Labute approximate surface area is 130 Å². The highest BCUT2D eigenvalue weighted by Crippen LogP contribution is 2.39. The van der Waals surface area contributed by atoms with Crippen molar-refractivity contribution < 1.29 is 9.47 Å². The van der Waals surface area contributed by atoms with Gasteiger partial charge in [0.25, 0.3) is 0 Å². The van der Waals surface area contributed by atoms with Crippen LogP contribution in [0.2, 0.25) is 0 Å². The maximum Gasteiger partial charge on any atom is 0.0732 e. The molecule has 2 aliphatic rings. The summed E-state index contributed by atoms with van der Waals surface area (Å²) in [6, 6.07) is 0. The highest BCUT2D eigenvalue weighted by molar-refractivity contribution is 5.07. The molecule has 21 heavy (non-hydrogen) atoms. The Bertz CT molecular complexity index is 345. The summed E-state index contributed by atoms with van der Waals surface area (Å²) >= 11 is 0. The summed E-state index contributed by atoms with van der Waals surface area (Å²) in [6.45, 7) is 12.7. The van der Waals surface area contributed by atoms with Crippen LogP contribution in [0.5, 0.6) is 0 Å². The van der Waals surface area contributed by atoms with Gasteiger partial charge in [-0.15, -0.1) is 0 Å². The van der Waals surface area contributed by atoms with Crippen molar-refractivity contribution in [1.82, 2.24) is 5.32 Å². The van der Waals surface area contributed by atoms with E-state index in [0.29, 0.717) is 5.92 Å². The van der Waals surface area contributed by atoms with E-state index in [-0.39, 0.29) is 11.1 Å². The van der Waals surface area contributed by atoms with Crippen LogP contribution in [0.4, 0.5) is 0 Å². The highest BCUT2D eigenvalue weighted by Gasteiger charge is 2.39.